The first-order chi connectivity index (χ1) is 10.6. The Morgan fingerprint density at radius 3 is 2.18 bits per heavy atom. The van der Waals surface area contributed by atoms with Gasteiger partial charge in [0.25, 0.3) is 0 Å². The van der Waals surface area contributed by atoms with Gasteiger partial charge in [0.2, 0.25) is 0 Å². The van der Waals surface area contributed by atoms with Gasteiger partial charge in [-0.15, -0.1) is 0 Å². The molecule has 130 valence electrons. The smallest absolute Gasteiger partial charge is 0.498 e. The van der Waals surface area contributed by atoms with Crippen molar-refractivity contribution in [2.45, 2.75) is 33.2 Å². The fraction of sp³-hybridized carbons (Fsp3) is 0.786. The average molecular weight is 335 g/mol. The highest BCUT2D eigenvalue weighted by molar-refractivity contribution is 6.60. The largest absolute Gasteiger partial charge is 0.500 e. The predicted octanol–water partition coefficient (Wildman–Crippen LogP) is 2.31. The zero-order valence-electron chi connectivity index (χ0n) is 13.9. The normalized spacial score (nSPS) is 11.0. The fourth-order valence-corrected chi connectivity index (χ4v) is 4.43. The van der Waals surface area contributed by atoms with Gasteiger partial charge in [0.1, 0.15) is 13.2 Å². The molecule has 0 aromatic heterocycles. The monoisotopic (exact) mass is 335 g/mol. The molecule has 0 aliphatic rings. The summed E-state index contributed by atoms with van der Waals surface area (Å²) in [6.45, 7) is 11.7. The molecule has 1 amide bonds. The molecule has 8 heteroatoms. The molecule has 0 heterocycles. The number of amides is 1. The maximum absolute atomic E-state index is 11.4. The quantitative estimate of drug-likeness (QED) is 0.298. The Kier molecular flexibility index (Phi) is 12.9. The number of nitrogens with one attached hydrogen (secondary N) is 1. The van der Waals surface area contributed by atoms with Gasteiger partial charge in [0.05, 0.1) is 6.26 Å². The second-order valence-corrected chi connectivity index (χ2v) is 6.92. The minimum Gasteiger partial charge on any atom is -0.498 e. The van der Waals surface area contributed by atoms with Gasteiger partial charge in [-0.2, -0.15) is 0 Å². The van der Waals surface area contributed by atoms with E-state index in [0.717, 1.165) is 0 Å². The standard InChI is InChI=1S/C14H29NO6Si/c1-5-17-11-12-18-14(16)15-10-9-13-22(19-6-2,20-7-3)21-8-4/h5H,1,6-13H2,2-4H3,(H,15,16). The molecule has 0 atom stereocenters. The highest BCUT2D eigenvalue weighted by Gasteiger charge is 2.39. The van der Waals surface area contributed by atoms with E-state index in [-0.39, 0.29) is 6.61 Å². The molecule has 0 radical (unpaired) electrons. The lowest BCUT2D eigenvalue weighted by molar-refractivity contribution is 0.0705. The van der Waals surface area contributed by atoms with E-state index in [4.69, 9.17) is 22.8 Å². The third-order valence-electron chi connectivity index (χ3n) is 2.57. The summed E-state index contributed by atoms with van der Waals surface area (Å²) < 4.78 is 27.0. The lowest BCUT2D eigenvalue weighted by Crippen LogP contribution is -2.46. The molecule has 0 spiro atoms. The molecule has 22 heavy (non-hydrogen) atoms. The maximum Gasteiger partial charge on any atom is 0.500 e. The summed E-state index contributed by atoms with van der Waals surface area (Å²) in [5.41, 5.74) is 0. The fourth-order valence-electron chi connectivity index (χ4n) is 1.81. The zero-order chi connectivity index (χ0) is 16.7. The van der Waals surface area contributed by atoms with E-state index in [1.54, 1.807) is 0 Å². The second kappa shape index (κ2) is 13.6. The molecule has 0 bridgehead atoms. The molecule has 0 fully saturated rings. The van der Waals surface area contributed by atoms with E-state index >= 15 is 0 Å². The summed E-state index contributed by atoms with van der Waals surface area (Å²) in [7, 11) is -2.63. The Balaban J connectivity index is 4.00. The van der Waals surface area contributed by atoms with Gasteiger partial charge in [-0.05, 0) is 27.2 Å². The molecule has 1 N–H and O–H groups in total. The zero-order valence-corrected chi connectivity index (χ0v) is 14.9. The van der Waals surface area contributed by atoms with Crippen LogP contribution in [-0.4, -0.2) is 54.5 Å². The lowest BCUT2D eigenvalue weighted by Gasteiger charge is -2.28. The second-order valence-electron chi connectivity index (χ2n) is 4.19. The number of alkyl carbamates (subject to hydrolysis) is 1. The lowest BCUT2D eigenvalue weighted by atomic mass is 10.5. The Bertz CT molecular complexity index is 286. The Morgan fingerprint density at radius 1 is 1.09 bits per heavy atom. The molecule has 7 nitrogen and oxygen atoms in total. The van der Waals surface area contributed by atoms with Crippen LogP contribution in [-0.2, 0) is 22.8 Å². The van der Waals surface area contributed by atoms with Gasteiger partial charge in [-0.25, -0.2) is 4.79 Å². The number of carbonyl (C=O) groups excluding carboxylic acids is 1. The van der Waals surface area contributed by atoms with E-state index in [2.05, 4.69) is 11.9 Å². The van der Waals surface area contributed by atoms with Crippen molar-refractivity contribution in [2.75, 3.05) is 39.6 Å². The van der Waals surface area contributed by atoms with E-state index in [9.17, 15) is 4.79 Å². The van der Waals surface area contributed by atoms with Crippen molar-refractivity contribution in [1.29, 1.82) is 0 Å². The molecule has 0 rings (SSSR count). The minimum absolute atomic E-state index is 0.188. The van der Waals surface area contributed by atoms with Crippen LogP contribution in [0.25, 0.3) is 0 Å². The van der Waals surface area contributed by atoms with Gasteiger partial charge >= 0.3 is 14.9 Å². The Morgan fingerprint density at radius 2 is 1.68 bits per heavy atom. The highest BCUT2D eigenvalue weighted by Crippen LogP contribution is 2.17. The minimum atomic E-state index is -2.63. The topological polar surface area (TPSA) is 75.3 Å². The maximum atomic E-state index is 11.4. The van der Waals surface area contributed by atoms with Crippen molar-refractivity contribution in [2.24, 2.45) is 0 Å². The molecule has 0 saturated carbocycles. The number of carbonyl (C=O) groups is 1. The van der Waals surface area contributed by atoms with Crippen molar-refractivity contribution < 1.29 is 27.5 Å². The van der Waals surface area contributed by atoms with Crippen LogP contribution in [0.15, 0.2) is 12.8 Å². The summed E-state index contributed by atoms with van der Waals surface area (Å²) in [5.74, 6) is 0. The average Bonchev–Trinajstić information content (AvgIpc) is 2.49. The van der Waals surface area contributed by atoms with Crippen molar-refractivity contribution >= 4 is 14.9 Å². The van der Waals surface area contributed by atoms with Crippen LogP contribution in [0.3, 0.4) is 0 Å². The third kappa shape index (κ3) is 9.77. The molecule has 0 unspecified atom stereocenters. The molecule has 0 saturated heterocycles. The van der Waals surface area contributed by atoms with Crippen molar-refractivity contribution in [3.63, 3.8) is 0 Å². The Labute approximate surface area is 134 Å². The number of rotatable bonds is 14. The molecular formula is C14H29NO6Si. The number of hydrogen-bond acceptors (Lipinski definition) is 6. The molecular weight excluding hydrogens is 306 g/mol. The summed E-state index contributed by atoms with van der Waals surface area (Å²) in [5, 5.41) is 2.67. The van der Waals surface area contributed by atoms with E-state index in [1.807, 2.05) is 20.8 Å². The van der Waals surface area contributed by atoms with Crippen LogP contribution >= 0.6 is 0 Å². The predicted molar refractivity (Wildman–Crippen MR) is 85.6 cm³/mol. The van der Waals surface area contributed by atoms with Crippen molar-refractivity contribution in [1.82, 2.24) is 5.32 Å². The summed E-state index contributed by atoms with van der Waals surface area (Å²) in [4.78, 5) is 11.4. The molecule has 0 aliphatic heterocycles. The SMILES string of the molecule is C=COCCOC(=O)NCCC[Si](OCC)(OCC)OCC. The third-order valence-corrected chi connectivity index (χ3v) is 5.73. The first-order valence-electron chi connectivity index (χ1n) is 7.69. The Hall–Kier alpha value is -1.09. The van der Waals surface area contributed by atoms with Crippen LogP contribution in [0.2, 0.25) is 6.04 Å². The van der Waals surface area contributed by atoms with Crippen molar-refractivity contribution in [3.8, 4) is 0 Å². The van der Waals surface area contributed by atoms with E-state index < -0.39 is 14.9 Å². The molecule has 0 aromatic carbocycles. The molecule has 0 aromatic rings. The summed E-state index contributed by atoms with van der Waals surface area (Å²) >= 11 is 0. The van der Waals surface area contributed by atoms with Gasteiger partial charge < -0.3 is 28.1 Å². The van der Waals surface area contributed by atoms with E-state index in [1.165, 1.54) is 6.26 Å². The van der Waals surface area contributed by atoms with Crippen LogP contribution in [0.1, 0.15) is 27.2 Å². The van der Waals surface area contributed by atoms with Crippen LogP contribution < -0.4 is 5.32 Å². The van der Waals surface area contributed by atoms with Gasteiger partial charge in [-0.1, -0.05) is 6.58 Å². The number of ether oxygens (including phenoxy) is 2. The summed E-state index contributed by atoms with van der Waals surface area (Å²) in [6.07, 6.45) is 1.54. The first kappa shape index (κ1) is 20.9. The van der Waals surface area contributed by atoms with Crippen molar-refractivity contribution in [3.05, 3.63) is 12.8 Å². The van der Waals surface area contributed by atoms with Gasteiger partial charge in [0, 0.05) is 32.4 Å². The highest BCUT2D eigenvalue weighted by atomic mass is 28.4. The van der Waals surface area contributed by atoms with Crippen LogP contribution in [0.4, 0.5) is 4.79 Å². The van der Waals surface area contributed by atoms with E-state index in [0.29, 0.717) is 45.4 Å². The van der Waals surface area contributed by atoms with Crippen LogP contribution in [0, 0.1) is 0 Å². The first-order valence-corrected chi connectivity index (χ1v) is 9.62. The number of hydrogen-bond donors (Lipinski definition) is 1. The van der Waals surface area contributed by atoms with Crippen LogP contribution in [0.5, 0.6) is 0 Å². The van der Waals surface area contributed by atoms with Gasteiger partial charge in [-0.3, -0.25) is 0 Å². The summed E-state index contributed by atoms with van der Waals surface area (Å²) in [6, 6.07) is 0.655. The van der Waals surface area contributed by atoms with Gasteiger partial charge in [0.15, 0.2) is 0 Å². The molecule has 0 aliphatic carbocycles.